The summed E-state index contributed by atoms with van der Waals surface area (Å²) < 4.78 is 7.38. The van der Waals surface area contributed by atoms with E-state index in [0.29, 0.717) is 0 Å². The first-order valence-corrected chi connectivity index (χ1v) is 7.81. The average molecular weight is 328 g/mol. The first-order valence-electron chi connectivity index (χ1n) is 7.81. The van der Waals surface area contributed by atoms with Crippen LogP contribution in [0.2, 0.25) is 0 Å². The molecule has 1 aromatic carbocycles. The second-order valence-corrected chi connectivity index (χ2v) is 5.55. The highest BCUT2D eigenvalue weighted by Gasteiger charge is 2.12. The smallest absolute Gasteiger partial charge is 0.241 e. The number of hydrogen-bond acceptors (Lipinski definition) is 5. The van der Waals surface area contributed by atoms with Gasteiger partial charge >= 0.3 is 0 Å². The summed E-state index contributed by atoms with van der Waals surface area (Å²) >= 11 is 0. The second-order valence-electron chi connectivity index (χ2n) is 5.55. The number of nitrogens with zero attached hydrogens (tertiary/aromatic N) is 2. The van der Waals surface area contributed by atoms with Crippen molar-refractivity contribution in [2.75, 3.05) is 18.5 Å². The Labute approximate surface area is 139 Å². The molecule has 24 heavy (non-hydrogen) atoms. The maximum Gasteiger partial charge on any atom is 0.241 e. The molecule has 1 atom stereocenters. The van der Waals surface area contributed by atoms with Gasteiger partial charge in [0.15, 0.2) is 0 Å². The largest absolute Gasteiger partial charge is 0.459 e. The van der Waals surface area contributed by atoms with Crippen LogP contribution < -0.4 is 10.6 Å². The van der Waals surface area contributed by atoms with Crippen LogP contribution in [0.15, 0.2) is 47.1 Å². The summed E-state index contributed by atoms with van der Waals surface area (Å²) in [6.07, 6.45) is 3.43. The van der Waals surface area contributed by atoms with Crippen LogP contribution in [-0.2, 0) is 11.3 Å². The van der Waals surface area contributed by atoms with E-state index in [2.05, 4.69) is 15.7 Å². The maximum absolute atomic E-state index is 11.6. The Morgan fingerprint density at radius 2 is 2.25 bits per heavy atom. The molecule has 0 radical (unpaired) electrons. The van der Waals surface area contributed by atoms with E-state index in [1.807, 2.05) is 37.3 Å². The summed E-state index contributed by atoms with van der Waals surface area (Å²) in [4.78, 5) is 11.6. The van der Waals surface area contributed by atoms with Gasteiger partial charge in [0.05, 0.1) is 24.5 Å². The molecule has 1 amide bonds. The van der Waals surface area contributed by atoms with E-state index in [1.165, 1.54) is 0 Å². The Kier molecular flexibility index (Phi) is 4.81. The van der Waals surface area contributed by atoms with Gasteiger partial charge in [0.1, 0.15) is 17.9 Å². The lowest BCUT2D eigenvalue weighted by atomic mass is 10.2. The van der Waals surface area contributed by atoms with Gasteiger partial charge in [-0.05, 0) is 19.1 Å². The molecule has 3 N–H and O–H groups in total. The molecule has 0 aliphatic rings. The van der Waals surface area contributed by atoms with Crippen molar-refractivity contribution >= 4 is 22.6 Å². The highest BCUT2D eigenvalue weighted by atomic mass is 16.3. The van der Waals surface area contributed by atoms with Gasteiger partial charge < -0.3 is 20.2 Å². The number of aliphatic hydroxyl groups excluding tert-OH is 1. The van der Waals surface area contributed by atoms with Crippen LogP contribution in [0.4, 0.5) is 5.69 Å². The summed E-state index contributed by atoms with van der Waals surface area (Å²) in [5.74, 6) is 0.647. The van der Waals surface area contributed by atoms with Gasteiger partial charge in [-0.3, -0.25) is 9.48 Å². The highest BCUT2D eigenvalue weighted by molar-refractivity contribution is 5.78. The van der Waals surface area contributed by atoms with E-state index in [4.69, 9.17) is 9.52 Å². The summed E-state index contributed by atoms with van der Waals surface area (Å²) in [5.41, 5.74) is 1.66. The number of carbonyl (C=O) groups excluding carboxylic acids is 1. The molecule has 0 aliphatic heterocycles. The number of benzene rings is 1. The molecule has 126 valence electrons. The van der Waals surface area contributed by atoms with Gasteiger partial charge in [-0.1, -0.05) is 18.2 Å². The molecule has 3 aromatic rings. The number of anilines is 1. The van der Waals surface area contributed by atoms with E-state index >= 15 is 0 Å². The molecular weight excluding hydrogens is 308 g/mol. The number of fused-ring (bicyclic) bond motifs is 1. The Morgan fingerprint density at radius 1 is 1.42 bits per heavy atom. The van der Waals surface area contributed by atoms with Gasteiger partial charge in [0.2, 0.25) is 5.91 Å². The highest BCUT2D eigenvalue weighted by Crippen LogP contribution is 2.25. The first-order chi connectivity index (χ1) is 11.7. The molecule has 0 saturated heterocycles. The molecule has 0 bridgehead atoms. The van der Waals surface area contributed by atoms with Gasteiger partial charge in [-0.2, -0.15) is 5.10 Å². The SMILES string of the molecule is CC(Nc1cnn(CC(=O)NCCO)c1)c1cc2ccccc2o1. The predicted molar refractivity (Wildman–Crippen MR) is 90.6 cm³/mol. The molecule has 1 unspecified atom stereocenters. The van der Waals surface area contributed by atoms with Crippen LogP contribution >= 0.6 is 0 Å². The van der Waals surface area contributed by atoms with Crippen molar-refractivity contribution in [2.24, 2.45) is 0 Å². The third-order valence-corrected chi connectivity index (χ3v) is 3.63. The maximum atomic E-state index is 11.6. The number of carbonyl (C=O) groups is 1. The third kappa shape index (κ3) is 3.75. The van der Waals surface area contributed by atoms with Crippen LogP contribution in [0.25, 0.3) is 11.0 Å². The van der Waals surface area contributed by atoms with Crippen LogP contribution in [0.3, 0.4) is 0 Å². The fourth-order valence-electron chi connectivity index (χ4n) is 2.46. The van der Waals surface area contributed by atoms with Crippen molar-refractivity contribution in [3.05, 3.63) is 48.5 Å². The van der Waals surface area contributed by atoms with Gasteiger partial charge in [0, 0.05) is 18.1 Å². The van der Waals surface area contributed by atoms with Crippen molar-refractivity contribution in [2.45, 2.75) is 19.5 Å². The molecule has 0 fully saturated rings. The molecule has 2 heterocycles. The Bertz CT molecular complexity index is 791. The van der Waals surface area contributed by atoms with Crippen molar-refractivity contribution in [1.29, 1.82) is 0 Å². The predicted octanol–water partition coefficient (Wildman–Crippen LogP) is 1.91. The number of para-hydroxylation sites is 1. The Balaban J connectivity index is 1.62. The van der Waals surface area contributed by atoms with Crippen molar-refractivity contribution < 1.29 is 14.3 Å². The normalized spacial score (nSPS) is 12.2. The van der Waals surface area contributed by atoms with E-state index < -0.39 is 0 Å². The van der Waals surface area contributed by atoms with Gasteiger partial charge in [0.25, 0.3) is 0 Å². The summed E-state index contributed by atoms with van der Waals surface area (Å²) in [5, 5.41) is 19.8. The second kappa shape index (κ2) is 7.18. The topological polar surface area (TPSA) is 92.3 Å². The molecule has 0 spiro atoms. The lowest BCUT2D eigenvalue weighted by Gasteiger charge is -2.10. The molecule has 2 aromatic heterocycles. The van der Waals surface area contributed by atoms with Gasteiger partial charge in [-0.15, -0.1) is 0 Å². The number of furan rings is 1. The number of amides is 1. The fourth-order valence-corrected chi connectivity index (χ4v) is 2.46. The summed E-state index contributed by atoms with van der Waals surface area (Å²) in [6.45, 7) is 2.28. The van der Waals surface area contributed by atoms with Crippen LogP contribution in [-0.4, -0.2) is 33.9 Å². The number of hydrogen-bond donors (Lipinski definition) is 3. The fraction of sp³-hybridized carbons (Fsp3) is 0.294. The van der Waals surface area contributed by atoms with E-state index in [1.54, 1.807) is 17.1 Å². The minimum Gasteiger partial charge on any atom is -0.459 e. The molecule has 7 heteroatoms. The minimum atomic E-state index is -0.191. The monoisotopic (exact) mass is 328 g/mol. The third-order valence-electron chi connectivity index (χ3n) is 3.63. The number of aliphatic hydroxyl groups is 1. The van der Waals surface area contributed by atoms with E-state index in [9.17, 15) is 4.79 Å². The minimum absolute atomic E-state index is 0.0294. The molecule has 3 rings (SSSR count). The summed E-state index contributed by atoms with van der Waals surface area (Å²) in [6, 6.07) is 9.86. The van der Waals surface area contributed by atoms with Crippen LogP contribution in [0, 0.1) is 0 Å². The van der Waals surface area contributed by atoms with Crippen LogP contribution in [0.1, 0.15) is 18.7 Å². The van der Waals surface area contributed by atoms with Gasteiger partial charge in [-0.25, -0.2) is 0 Å². The lowest BCUT2D eigenvalue weighted by Crippen LogP contribution is -2.30. The number of aromatic nitrogens is 2. The zero-order valence-corrected chi connectivity index (χ0v) is 13.4. The Morgan fingerprint density at radius 3 is 3.04 bits per heavy atom. The molecular formula is C17H20N4O3. The molecule has 0 saturated carbocycles. The Hall–Kier alpha value is -2.80. The number of rotatable bonds is 7. The number of nitrogens with one attached hydrogen (secondary N) is 2. The van der Waals surface area contributed by atoms with Crippen molar-refractivity contribution in [1.82, 2.24) is 15.1 Å². The van der Waals surface area contributed by atoms with E-state index in [0.717, 1.165) is 22.4 Å². The van der Waals surface area contributed by atoms with Crippen molar-refractivity contribution in [3.63, 3.8) is 0 Å². The first kappa shape index (κ1) is 16.1. The van der Waals surface area contributed by atoms with E-state index in [-0.39, 0.29) is 31.6 Å². The average Bonchev–Trinajstić information content (AvgIpc) is 3.19. The summed E-state index contributed by atoms with van der Waals surface area (Å²) in [7, 11) is 0. The molecule has 7 nitrogen and oxygen atoms in total. The van der Waals surface area contributed by atoms with Crippen molar-refractivity contribution in [3.8, 4) is 0 Å². The molecule has 0 aliphatic carbocycles. The van der Waals surface area contributed by atoms with Crippen LogP contribution in [0.5, 0.6) is 0 Å². The zero-order valence-electron chi connectivity index (χ0n) is 13.4. The standard InChI is InChI=1S/C17H20N4O3/c1-12(16-8-13-4-2-3-5-15(13)24-16)20-14-9-19-21(10-14)11-17(23)18-6-7-22/h2-5,8-10,12,20,22H,6-7,11H2,1H3,(H,18,23). The lowest BCUT2D eigenvalue weighted by molar-refractivity contribution is -0.122. The quantitative estimate of drug-likeness (QED) is 0.616. The zero-order chi connectivity index (χ0) is 16.9.